The van der Waals surface area contributed by atoms with Gasteiger partial charge in [-0.2, -0.15) is 0 Å². The van der Waals surface area contributed by atoms with Crippen molar-refractivity contribution in [3.8, 4) is 0 Å². The van der Waals surface area contributed by atoms with Crippen LogP contribution in [0.1, 0.15) is 22.5 Å². The van der Waals surface area contributed by atoms with E-state index in [1.807, 2.05) is 32.2 Å². The molecule has 3 rings (SSSR count). The van der Waals surface area contributed by atoms with Crippen LogP contribution in [0, 0.1) is 13.8 Å². The summed E-state index contributed by atoms with van der Waals surface area (Å²) in [6.07, 6.45) is 1.84. The molecule has 0 bridgehead atoms. The van der Waals surface area contributed by atoms with Gasteiger partial charge in [-0.3, -0.25) is 4.98 Å². The summed E-state index contributed by atoms with van der Waals surface area (Å²) >= 11 is 0. The number of hydrogen-bond donors (Lipinski definition) is 1. The summed E-state index contributed by atoms with van der Waals surface area (Å²) < 4.78 is 0. The fraction of sp³-hybridized carbons (Fsp3) is 0.286. The number of hydrogen-bond acceptors (Lipinski definition) is 4. The van der Waals surface area contributed by atoms with Crippen molar-refractivity contribution in [2.24, 2.45) is 0 Å². The van der Waals surface area contributed by atoms with E-state index in [0.717, 1.165) is 36.0 Å². The molecule has 92 valence electrons. The summed E-state index contributed by atoms with van der Waals surface area (Å²) in [6.45, 7) is 5.71. The summed E-state index contributed by atoms with van der Waals surface area (Å²) in [5, 5.41) is 0. The first-order chi connectivity index (χ1) is 8.63. The molecule has 0 saturated carbocycles. The third kappa shape index (κ3) is 1.79. The van der Waals surface area contributed by atoms with Gasteiger partial charge in [0.25, 0.3) is 0 Å². The van der Waals surface area contributed by atoms with Crippen LogP contribution in [0.25, 0.3) is 0 Å². The maximum absolute atomic E-state index is 5.81. The predicted molar refractivity (Wildman–Crippen MR) is 72.2 cm³/mol. The van der Waals surface area contributed by atoms with E-state index in [1.165, 1.54) is 11.1 Å². The van der Waals surface area contributed by atoms with Crippen LogP contribution in [-0.4, -0.2) is 9.97 Å². The highest BCUT2D eigenvalue weighted by atomic mass is 15.2. The van der Waals surface area contributed by atoms with Crippen LogP contribution < -0.4 is 10.6 Å². The van der Waals surface area contributed by atoms with E-state index >= 15 is 0 Å². The molecule has 0 aliphatic carbocycles. The highest BCUT2D eigenvalue weighted by Crippen LogP contribution is 2.28. The van der Waals surface area contributed by atoms with Gasteiger partial charge in [-0.05, 0) is 37.1 Å². The normalized spacial score (nSPS) is 13.8. The molecular formula is C14H16N4. The molecular weight excluding hydrogens is 224 g/mol. The Balaban J connectivity index is 1.91. The third-order valence-corrected chi connectivity index (χ3v) is 3.46. The lowest BCUT2D eigenvalue weighted by molar-refractivity contribution is 0.839. The number of benzene rings is 1. The highest BCUT2D eigenvalue weighted by Gasteiger charge is 2.20. The summed E-state index contributed by atoms with van der Waals surface area (Å²) in [7, 11) is 0. The number of nitrogen functional groups attached to an aromatic ring is 1. The van der Waals surface area contributed by atoms with Crippen molar-refractivity contribution in [3.05, 3.63) is 46.9 Å². The fourth-order valence-corrected chi connectivity index (χ4v) is 2.26. The number of aromatic nitrogens is 2. The smallest absolute Gasteiger partial charge is 0.148 e. The Morgan fingerprint density at radius 3 is 2.67 bits per heavy atom. The fourth-order valence-electron chi connectivity index (χ4n) is 2.26. The van der Waals surface area contributed by atoms with Gasteiger partial charge in [0.15, 0.2) is 0 Å². The molecule has 2 N–H and O–H groups in total. The lowest BCUT2D eigenvalue weighted by atomic mass is 10.1. The third-order valence-electron chi connectivity index (χ3n) is 3.46. The molecule has 0 atom stereocenters. The van der Waals surface area contributed by atoms with Crippen molar-refractivity contribution >= 4 is 11.5 Å². The van der Waals surface area contributed by atoms with E-state index in [9.17, 15) is 0 Å². The van der Waals surface area contributed by atoms with Gasteiger partial charge in [0.05, 0.1) is 17.6 Å². The van der Waals surface area contributed by atoms with Crippen LogP contribution in [0.3, 0.4) is 0 Å². The Kier molecular flexibility index (Phi) is 2.44. The summed E-state index contributed by atoms with van der Waals surface area (Å²) in [5.41, 5.74) is 11.2. The zero-order chi connectivity index (χ0) is 12.7. The summed E-state index contributed by atoms with van der Waals surface area (Å²) in [4.78, 5) is 11.2. The number of fused-ring (bicyclic) bond motifs is 1. The number of anilines is 2. The summed E-state index contributed by atoms with van der Waals surface area (Å²) in [5.74, 6) is 0.938. The Labute approximate surface area is 106 Å². The zero-order valence-corrected chi connectivity index (χ0v) is 10.6. The molecule has 2 heterocycles. The first-order valence-corrected chi connectivity index (χ1v) is 6.06. The van der Waals surface area contributed by atoms with Gasteiger partial charge in [-0.1, -0.05) is 6.07 Å². The van der Waals surface area contributed by atoms with Crippen LogP contribution in [0.4, 0.5) is 11.5 Å². The molecule has 0 unspecified atom stereocenters. The van der Waals surface area contributed by atoms with Gasteiger partial charge in [0, 0.05) is 18.8 Å². The largest absolute Gasteiger partial charge is 0.399 e. The maximum atomic E-state index is 5.81. The minimum atomic E-state index is 0.821. The van der Waals surface area contributed by atoms with E-state index in [-0.39, 0.29) is 0 Å². The van der Waals surface area contributed by atoms with Crippen molar-refractivity contribution in [1.82, 2.24) is 9.97 Å². The molecule has 0 radical (unpaired) electrons. The van der Waals surface area contributed by atoms with Crippen LogP contribution in [-0.2, 0) is 13.1 Å². The highest BCUT2D eigenvalue weighted by molar-refractivity contribution is 5.52. The van der Waals surface area contributed by atoms with E-state index < -0.39 is 0 Å². The number of nitrogens with two attached hydrogens (primary N) is 1. The van der Waals surface area contributed by atoms with Crippen molar-refractivity contribution in [2.75, 3.05) is 10.6 Å². The van der Waals surface area contributed by atoms with Gasteiger partial charge < -0.3 is 10.6 Å². The number of rotatable bonds is 1. The monoisotopic (exact) mass is 240 g/mol. The molecule has 2 aromatic rings. The average molecular weight is 240 g/mol. The molecule has 0 saturated heterocycles. The number of aryl methyl sites for hydroxylation is 2. The molecule has 1 aliphatic heterocycles. The second kappa shape index (κ2) is 3.98. The topological polar surface area (TPSA) is 55.0 Å². The minimum Gasteiger partial charge on any atom is -0.399 e. The standard InChI is InChI=1S/C14H16N4/c1-9-10(2)17-14(6-16-9)18-7-11-3-4-13(15)5-12(11)8-18/h3-6H,7-8,15H2,1-2H3. The van der Waals surface area contributed by atoms with Gasteiger partial charge in [-0.25, -0.2) is 4.98 Å². The van der Waals surface area contributed by atoms with Crippen LogP contribution in [0.2, 0.25) is 0 Å². The van der Waals surface area contributed by atoms with Gasteiger partial charge in [-0.15, -0.1) is 0 Å². The molecule has 1 aliphatic rings. The molecule has 0 spiro atoms. The van der Waals surface area contributed by atoms with Crippen LogP contribution in [0.5, 0.6) is 0 Å². The van der Waals surface area contributed by atoms with E-state index in [4.69, 9.17) is 5.73 Å². The van der Waals surface area contributed by atoms with Crippen molar-refractivity contribution in [1.29, 1.82) is 0 Å². The second-order valence-corrected chi connectivity index (χ2v) is 4.78. The molecule has 1 aromatic heterocycles. The average Bonchev–Trinajstić information content (AvgIpc) is 2.75. The van der Waals surface area contributed by atoms with E-state index in [2.05, 4.69) is 20.9 Å². The predicted octanol–water partition coefficient (Wildman–Crippen LogP) is 2.20. The van der Waals surface area contributed by atoms with E-state index in [0.29, 0.717) is 0 Å². The quantitative estimate of drug-likeness (QED) is 0.776. The minimum absolute atomic E-state index is 0.821. The second-order valence-electron chi connectivity index (χ2n) is 4.78. The first-order valence-electron chi connectivity index (χ1n) is 6.06. The lowest BCUT2D eigenvalue weighted by Gasteiger charge is -2.16. The Bertz CT molecular complexity index is 607. The molecule has 0 amide bonds. The van der Waals surface area contributed by atoms with Crippen molar-refractivity contribution in [3.63, 3.8) is 0 Å². The van der Waals surface area contributed by atoms with Gasteiger partial charge in [0.1, 0.15) is 5.82 Å². The van der Waals surface area contributed by atoms with E-state index in [1.54, 1.807) is 0 Å². The molecule has 0 fully saturated rings. The molecule has 4 heteroatoms. The molecule has 1 aromatic carbocycles. The number of nitrogens with zero attached hydrogens (tertiary/aromatic N) is 3. The zero-order valence-electron chi connectivity index (χ0n) is 10.6. The lowest BCUT2D eigenvalue weighted by Crippen LogP contribution is -2.17. The first kappa shape index (κ1) is 11.0. The van der Waals surface area contributed by atoms with Gasteiger partial charge in [0.2, 0.25) is 0 Å². The Hall–Kier alpha value is -2.10. The summed E-state index contributed by atoms with van der Waals surface area (Å²) in [6, 6.07) is 6.09. The maximum Gasteiger partial charge on any atom is 0.148 e. The molecule has 4 nitrogen and oxygen atoms in total. The van der Waals surface area contributed by atoms with Gasteiger partial charge >= 0.3 is 0 Å². The molecule has 18 heavy (non-hydrogen) atoms. The SMILES string of the molecule is Cc1ncc(N2Cc3ccc(N)cc3C2)nc1C. The van der Waals surface area contributed by atoms with Crippen molar-refractivity contribution in [2.45, 2.75) is 26.9 Å². The Morgan fingerprint density at radius 2 is 1.89 bits per heavy atom. The van der Waals surface area contributed by atoms with Crippen LogP contribution >= 0.6 is 0 Å². The Morgan fingerprint density at radius 1 is 1.11 bits per heavy atom. The van der Waals surface area contributed by atoms with Crippen molar-refractivity contribution < 1.29 is 0 Å². The van der Waals surface area contributed by atoms with Crippen LogP contribution in [0.15, 0.2) is 24.4 Å².